The zero-order valence-electron chi connectivity index (χ0n) is 41.3. The molecule has 0 spiro atoms. The fraction of sp³-hybridized carbons (Fsp3) is 0.194. The van der Waals surface area contributed by atoms with Crippen LogP contribution in [0.5, 0.6) is 0 Å². The number of benzene rings is 9. The molecule has 4 aliphatic rings. The van der Waals surface area contributed by atoms with E-state index in [1.807, 2.05) is 0 Å². The van der Waals surface area contributed by atoms with Crippen LogP contribution in [0.3, 0.4) is 0 Å². The number of aryl methyl sites for hydroxylation is 1. The monoisotopic (exact) mass is 903 g/mol. The topological polar surface area (TPSA) is 29.5 Å². The van der Waals surface area contributed by atoms with Crippen molar-refractivity contribution in [2.45, 2.75) is 84.0 Å². The van der Waals surface area contributed by atoms with E-state index in [1.54, 1.807) is 0 Å². The van der Waals surface area contributed by atoms with Gasteiger partial charge in [-0.15, -0.1) is 0 Å². The van der Waals surface area contributed by atoms with Gasteiger partial charge in [-0.1, -0.05) is 152 Å². The van der Waals surface area contributed by atoms with E-state index in [9.17, 15) is 0 Å². The minimum Gasteiger partial charge on any atom is -0.456 e. The average molecular weight is 904 g/mol. The highest BCUT2D eigenvalue weighted by Gasteiger charge is 2.49. The van der Waals surface area contributed by atoms with Crippen LogP contribution in [0.4, 0.5) is 17.1 Å². The van der Waals surface area contributed by atoms with Gasteiger partial charge in [-0.25, -0.2) is 0 Å². The fourth-order valence-corrected chi connectivity index (χ4v) is 14.3. The molecule has 4 aliphatic carbocycles. The summed E-state index contributed by atoms with van der Waals surface area (Å²) in [5, 5.41) is 4.82. The molecule has 2 aromatic heterocycles. The number of furan rings is 2. The van der Waals surface area contributed by atoms with E-state index in [4.69, 9.17) is 8.83 Å². The van der Waals surface area contributed by atoms with Gasteiger partial charge in [0.1, 0.15) is 22.3 Å². The van der Waals surface area contributed by atoms with Crippen molar-refractivity contribution in [1.82, 2.24) is 0 Å². The summed E-state index contributed by atoms with van der Waals surface area (Å²) in [5.74, 6) is 0. The van der Waals surface area contributed by atoms with Crippen LogP contribution in [0.25, 0.3) is 88.4 Å². The normalized spacial score (nSPS) is 16.5. The predicted octanol–water partition coefficient (Wildman–Crippen LogP) is 18.5. The summed E-state index contributed by atoms with van der Waals surface area (Å²) in [6.07, 6.45) is 0. The second kappa shape index (κ2) is 13.0. The molecule has 0 amide bonds. The highest BCUT2D eigenvalue weighted by molar-refractivity contribution is 6.21. The zero-order chi connectivity index (χ0) is 47.5. The molecule has 0 bridgehead atoms. The fourth-order valence-electron chi connectivity index (χ4n) is 14.3. The third-order valence-electron chi connectivity index (χ3n) is 17.7. The number of anilines is 3. The van der Waals surface area contributed by atoms with Gasteiger partial charge in [0.25, 0.3) is 0 Å². The molecule has 0 fully saturated rings. The first-order valence-corrected chi connectivity index (χ1v) is 25.1. The van der Waals surface area contributed by atoms with Crippen LogP contribution in [0, 0.1) is 6.92 Å². The van der Waals surface area contributed by atoms with Crippen molar-refractivity contribution in [1.29, 1.82) is 0 Å². The Labute approximate surface area is 409 Å². The van der Waals surface area contributed by atoms with Crippen molar-refractivity contribution >= 4 is 60.9 Å². The highest BCUT2D eigenvalue weighted by atomic mass is 16.3. The summed E-state index contributed by atoms with van der Waals surface area (Å²) >= 11 is 0. The lowest BCUT2D eigenvalue weighted by Gasteiger charge is -2.32. The van der Waals surface area contributed by atoms with Crippen molar-refractivity contribution in [3.8, 4) is 44.5 Å². The summed E-state index contributed by atoms with van der Waals surface area (Å²) in [5.41, 5.74) is 29.1. The first kappa shape index (κ1) is 40.3. The Morgan fingerprint density at radius 1 is 0.357 bits per heavy atom. The number of fused-ring (bicyclic) bond motifs is 22. The lowest BCUT2D eigenvalue weighted by Crippen LogP contribution is -2.24. The maximum Gasteiger partial charge on any atom is 0.144 e. The first-order chi connectivity index (χ1) is 33.7. The van der Waals surface area contributed by atoms with Crippen molar-refractivity contribution in [3.05, 3.63) is 208 Å². The maximum absolute atomic E-state index is 6.99. The molecule has 0 unspecified atom stereocenters. The lowest BCUT2D eigenvalue weighted by molar-refractivity contribution is 0.600. The molecule has 3 heteroatoms. The van der Waals surface area contributed by atoms with Gasteiger partial charge in [-0.3, -0.25) is 0 Å². The van der Waals surface area contributed by atoms with Crippen LogP contribution in [0.1, 0.15) is 105 Å². The minimum absolute atomic E-state index is 0.169. The second-order valence-electron chi connectivity index (χ2n) is 22.8. The molecule has 11 aromatic rings. The second-order valence-corrected chi connectivity index (χ2v) is 22.8. The number of hydrogen-bond donors (Lipinski definition) is 0. The molecule has 70 heavy (non-hydrogen) atoms. The molecule has 338 valence electrons. The summed E-state index contributed by atoms with van der Waals surface area (Å²) < 4.78 is 13.5. The molecule has 0 saturated carbocycles. The van der Waals surface area contributed by atoms with Crippen molar-refractivity contribution in [3.63, 3.8) is 0 Å². The Kier molecular flexibility index (Phi) is 7.46. The Hall–Kier alpha value is -7.62. The van der Waals surface area contributed by atoms with Crippen LogP contribution >= 0.6 is 0 Å². The zero-order valence-corrected chi connectivity index (χ0v) is 41.3. The van der Waals surface area contributed by atoms with Gasteiger partial charge in [0, 0.05) is 65.8 Å². The smallest absolute Gasteiger partial charge is 0.144 e. The van der Waals surface area contributed by atoms with Gasteiger partial charge in [0.05, 0.1) is 0 Å². The van der Waals surface area contributed by atoms with Gasteiger partial charge >= 0.3 is 0 Å². The van der Waals surface area contributed by atoms with E-state index in [0.29, 0.717) is 0 Å². The molecule has 3 nitrogen and oxygen atoms in total. The van der Waals surface area contributed by atoms with Crippen LogP contribution in [0.2, 0.25) is 0 Å². The maximum atomic E-state index is 6.99. The molecule has 0 saturated heterocycles. The lowest BCUT2D eigenvalue weighted by atomic mass is 9.72. The largest absolute Gasteiger partial charge is 0.456 e. The minimum atomic E-state index is -0.309. The van der Waals surface area contributed by atoms with Crippen molar-refractivity contribution < 1.29 is 8.83 Å². The van der Waals surface area contributed by atoms with Gasteiger partial charge in [-0.05, 0) is 157 Å². The SMILES string of the molecule is Cc1ccccc1N(c1ccc2c(c1)C(C)(C)c1cc3c(cc1-2)C(C)(C)c1ccc2oc4ccccc4c2c1-3)c1ccc2c(c1)C(C)(C)c1c3c(c4oc5ccccc5c4c1-2)-c1ccccc1C3(C)C. The molecule has 9 aromatic carbocycles. The van der Waals surface area contributed by atoms with Crippen molar-refractivity contribution in [2.75, 3.05) is 4.90 Å². The van der Waals surface area contributed by atoms with E-state index in [-0.39, 0.29) is 21.7 Å². The Morgan fingerprint density at radius 2 is 0.900 bits per heavy atom. The van der Waals surface area contributed by atoms with Crippen molar-refractivity contribution in [2.24, 2.45) is 0 Å². The number of rotatable bonds is 3. The standard InChI is InChI=1S/C67H53NO2/c1-36-18-10-15-23-52(36)68(37-26-28-39-44-34-51-45(35-50(44)65(4,5)48(39)32-37)56-47(64(51,2)3)30-31-55-57(56)42-20-12-16-24-53(42)69-55)38-27-29-41-49(33-38)67(8,9)61-58(41)59-43-21-13-17-25-54(43)70-63(59)60-40-19-11-14-22-46(40)66(6,7)62(60)61/h10-35H,1-9H3. The van der Waals surface area contributed by atoms with Gasteiger partial charge in [-0.2, -0.15) is 0 Å². The molecule has 0 N–H and O–H groups in total. The number of hydrogen-bond acceptors (Lipinski definition) is 3. The summed E-state index contributed by atoms with van der Waals surface area (Å²) in [7, 11) is 0. The first-order valence-electron chi connectivity index (χ1n) is 25.1. The summed E-state index contributed by atoms with van der Waals surface area (Å²) in [6.45, 7) is 21.6. The molecular formula is C67H53NO2. The Morgan fingerprint density at radius 3 is 1.66 bits per heavy atom. The van der Waals surface area contributed by atoms with E-state index >= 15 is 0 Å². The van der Waals surface area contributed by atoms with E-state index < -0.39 is 0 Å². The van der Waals surface area contributed by atoms with Crippen LogP contribution in [-0.2, 0) is 21.7 Å². The molecule has 0 atom stereocenters. The van der Waals surface area contributed by atoms with Gasteiger partial charge in [0.2, 0.25) is 0 Å². The van der Waals surface area contributed by atoms with Crippen LogP contribution in [0.15, 0.2) is 167 Å². The van der Waals surface area contributed by atoms with Gasteiger partial charge < -0.3 is 13.7 Å². The predicted molar refractivity (Wildman–Crippen MR) is 291 cm³/mol. The number of para-hydroxylation sites is 3. The Bertz CT molecular complexity index is 4200. The Balaban J connectivity index is 0.916. The molecule has 0 radical (unpaired) electrons. The molecule has 2 heterocycles. The third-order valence-corrected chi connectivity index (χ3v) is 17.7. The summed E-state index contributed by atoms with van der Waals surface area (Å²) in [6, 6.07) is 59.1. The quantitative estimate of drug-likeness (QED) is 0.177. The number of nitrogens with zero attached hydrogens (tertiary/aromatic N) is 1. The summed E-state index contributed by atoms with van der Waals surface area (Å²) in [4.78, 5) is 2.52. The highest BCUT2D eigenvalue weighted by Crippen LogP contribution is 2.64. The van der Waals surface area contributed by atoms with Crippen LogP contribution < -0.4 is 4.90 Å². The molecule has 15 rings (SSSR count). The van der Waals surface area contributed by atoms with Gasteiger partial charge in [0.15, 0.2) is 0 Å². The van der Waals surface area contributed by atoms with E-state index in [0.717, 1.165) is 33.7 Å². The van der Waals surface area contributed by atoms with E-state index in [2.05, 4.69) is 225 Å². The third kappa shape index (κ3) is 4.76. The molecule has 0 aliphatic heterocycles. The van der Waals surface area contributed by atoms with E-state index in [1.165, 1.54) is 122 Å². The molecular weight excluding hydrogens is 851 g/mol. The average Bonchev–Trinajstić information content (AvgIpc) is 4.14. The van der Waals surface area contributed by atoms with Crippen LogP contribution in [-0.4, -0.2) is 0 Å².